The van der Waals surface area contributed by atoms with Crippen LogP contribution in [-0.2, 0) is 0 Å². The average molecular weight is 300 g/mol. The third-order valence-corrected chi connectivity index (χ3v) is 4.93. The van der Waals surface area contributed by atoms with Crippen molar-refractivity contribution in [3.05, 3.63) is 24.2 Å². The lowest BCUT2D eigenvalue weighted by molar-refractivity contribution is 0.423. The summed E-state index contributed by atoms with van der Waals surface area (Å²) in [5, 5.41) is 14.1. The highest BCUT2D eigenvalue weighted by Gasteiger charge is 2.23. The first kappa shape index (κ1) is 12.7. The molecule has 0 saturated heterocycles. The maximum Gasteiger partial charge on any atom is 0.235 e. The van der Waals surface area contributed by atoms with Crippen molar-refractivity contribution in [2.75, 3.05) is 5.73 Å². The SMILES string of the molecule is Nc1cccnc1-c1nn2c(C3CCCCC3)nnc2s1. The van der Waals surface area contributed by atoms with E-state index in [1.54, 1.807) is 6.20 Å². The Bertz CT molecular complexity index is 771. The molecule has 0 aliphatic heterocycles. The predicted molar refractivity (Wildman–Crippen MR) is 82.1 cm³/mol. The molecule has 108 valence electrons. The second-order valence-electron chi connectivity index (χ2n) is 5.44. The van der Waals surface area contributed by atoms with Crippen LogP contribution >= 0.6 is 11.3 Å². The number of fused-ring (bicyclic) bond motifs is 1. The van der Waals surface area contributed by atoms with Gasteiger partial charge in [0.15, 0.2) is 10.8 Å². The highest BCUT2D eigenvalue weighted by Crippen LogP contribution is 2.34. The van der Waals surface area contributed by atoms with Gasteiger partial charge in [0.05, 0.1) is 5.69 Å². The summed E-state index contributed by atoms with van der Waals surface area (Å²) in [6.07, 6.45) is 7.95. The van der Waals surface area contributed by atoms with Crippen LogP contribution in [0.4, 0.5) is 5.69 Å². The Labute approximate surface area is 126 Å². The van der Waals surface area contributed by atoms with Gasteiger partial charge < -0.3 is 5.73 Å². The number of hydrogen-bond donors (Lipinski definition) is 1. The summed E-state index contributed by atoms with van der Waals surface area (Å²) < 4.78 is 1.88. The highest BCUT2D eigenvalue weighted by atomic mass is 32.1. The zero-order valence-electron chi connectivity index (χ0n) is 11.6. The third-order valence-electron chi connectivity index (χ3n) is 4.03. The lowest BCUT2D eigenvalue weighted by Crippen LogP contribution is -2.09. The molecule has 6 nitrogen and oxygen atoms in total. The van der Waals surface area contributed by atoms with Crippen LogP contribution in [0, 0.1) is 0 Å². The van der Waals surface area contributed by atoms with E-state index in [9.17, 15) is 0 Å². The molecule has 1 saturated carbocycles. The molecule has 3 aromatic rings. The minimum atomic E-state index is 0.477. The van der Waals surface area contributed by atoms with E-state index in [1.807, 2.05) is 16.6 Å². The third kappa shape index (κ3) is 2.17. The quantitative estimate of drug-likeness (QED) is 0.787. The molecule has 0 radical (unpaired) electrons. The summed E-state index contributed by atoms with van der Waals surface area (Å²) in [6, 6.07) is 3.67. The first-order chi connectivity index (χ1) is 10.3. The Morgan fingerprint density at radius 2 is 2.05 bits per heavy atom. The van der Waals surface area contributed by atoms with E-state index in [4.69, 9.17) is 5.73 Å². The molecule has 7 heteroatoms. The van der Waals surface area contributed by atoms with Crippen molar-refractivity contribution in [2.45, 2.75) is 38.0 Å². The number of nitrogen functional groups attached to an aromatic ring is 1. The van der Waals surface area contributed by atoms with Crippen LogP contribution in [0.3, 0.4) is 0 Å². The first-order valence-corrected chi connectivity index (χ1v) is 8.07. The molecule has 3 aromatic heterocycles. The molecular weight excluding hydrogens is 284 g/mol. The van der Waals surface area contributed by atoms with Crippen molar-refractivity contribution < 1.29 is 0 Å². The molecule has 21 heavy (non-hydrogen) atoms. The number of anilines is 1. The zero-order valence-corrected chi connectivity index (χ0v) is 12.4. The van der Waals surface area contributed by atoms with Gasteiger partial charge in [0.25, 0.3) is 0 Å². The van der Waals surface area contributed by atoms with Crippen LogP contribution < -0.4 is 5.73 Å². The van der Waals surface area contributed by atoms with Gasteiger partial charge in [-0.1, -0.05) is 30.6 Å². The van der Waals surface area contributed by atoms with Gasteiger partial charge in [-0.15, -0.1) is 10.2 Å². The van der Waals surface area contributed by atoms with E-state index >= 15 is 0 Å². The zero-order chi connectivity index (χ0) is 14.2. The van der Waals surface area contributed by atoms with Crippen LogP contribution in [-0.4, -0.2) is 24.8 Å². The van der Waals surface area contributed by atoms with Gasteiger partial charge in [0.2, 0.25) is 4.96 Å². The standard InChI is InChI=1S/C14H16N6S/c15-10-7-4-8-16-11(10)13-19-20-12(17-18-14(20)21-13)9-5-2-1-3-6-9/h4,7-9H,1-3,5-6,15H2. The Kier molecular flexibility index (Phi) is 3.07. The second-order valence-corrected chi connectivity index (χ2v) is 6.39. The molecule has 0 amide bonds. The van der Waals surface area contributed by atoms with Gasteiger partial charge in [-0.05, 0) is 25.0 Å². The molecular formula is C14H16N6S. The smallest absolute Gasteiger partial charge is 0.235 e. The van der Waals surface area contributed by atoms with Gasteiger partial charge in [-0.3, -0.25) is 4.98 Å². The van der Waals surface area contributed by atoms with Crippen molar-refractivity contribution in [1.82, 2.24) is 24.8 Å². The van der Waals surface area contributed by atoms with E-state index in [1.165, 1.54) is 43.4 Å². The van der Waals surface area contributed by atoms with Crippen LogP contribution in [0.1, 0.15) is 43.8 Å². The largest absolute Gasteiger partial charge is 0.397 e. The Morgan fingerprint density at radius 3 is 2.86 bits per heavy atom. The Hall–Kier alpha value is -2.02. The minimum Gasteiger partial charge on any atom is -0.397 e. The van der Waals surface area contributed by atoms with Crippen LogP contribution in [0.25, 0.3) is 15.7 Å². The molecule has 3 heterocycles. The monoisotopic (exact) mass is 300 g/mol. The summed E-state index contributed by atoms with van der Waals surface area (Å²) in [7, 11) is 0. The molecule has 0 atom stereocenters. The van der Waals surface area contributed by atoms with Crippen LogP contribution in [0.2, 0.25) is 0 Å². The topological polar surface area (TPSA) is 82.0 Å². The average Bonchev–Trinajstić information content (AvgIpc) is 3.08. The summed E-state index contributed by atoms with van der Waals surface area (Å²) in [4.78, 5) is 5.14. The van der Waals surface area contributed by atoms with Crippen molar-refractivity contribution in [2.24, 2.45) is 0 Å². The van der Waals surface area contributed by atoms with Gasteiger partial charge in [0, 0.05) is 12.1 Å². The van der Waals surface area contributed by atoms with E-state index in [-0.39, 0.29) is 0 Å². The Morgan fingerprint density at radius 1 is 1.19 bits per heavy atom. The molecule has 4 rings (SSSR count). The number of hydrogen-bond acceptors (Lipinski definition) is 6. The van der Waals surface area contributed by atoms with Gasteiger partial charge in [-0.25, -0.2) is 0 Å². The maximum absolute atomic E-state index is 5.98. The van der Waals surface area contributed by atoms with Gasteiger partial charge in [-0.2, -0.15) is 9.61 Å². The normalized spacial score (nSPS) is 16.6. The fraction of sp³-hybridized carbons (Fsp3) is 0.429. The predicted octanol–water partition coefficient (Wildman–Crippen LogP) is 2.88. The van der Waals surface area contributed by atoms with Crippen LogP contribution in [0.5, 0.6) is 0 Å². The molecule has 0 bridgehead atoms. The van der Waals surface area contributed by atoms with E-state index in [0.717, 1.165) is 21.5 Å². The minimum absolute atomic E-state index is 0.477. The van der Waals surface area contributed by atoms with Crippen molar-refractivity contribution in [3.63, 3.8) is 0 Å². The molecule has 0 aromatic carbocycles. The first-order valence-electron chi connectivity index (χ1n) is 7.26. The summed E-state index contributed by atoms with van der Waals surface area (Å²) in [6.45, 7) is 0. The highest BCUT2D eigenvalue weighted by molar-refractivity contribution is 7.19. The van der Waals surface area contributed by atoms with E-state index < -0.39 is 0 Å². The molecule has 0 unspecified atom stereocenters. The summed E-state index contributed by atoms with van der Waals surface area (Å²) in [5.41, 5.74) is 7.35. The fourth-order valence-electron chi connectivity index (χ4n) is 2.94. The summed E-state index contributed by atoms with van der Waals surface area (Å²) in [5.74, 6) is 1.46. The number of aromatic nitrogens is 5. The van der Waals surface area contributed by atoms with Gasteiger partial charge in [0.1, 0.15) is 5.69 Å². The number of nitrogens with zero attached hydrogens (tertiary/aromatic N) is 5. The fourth-order valence-corrected chi connectivity index (χ4v) is 3.80. The Balaban J connectivity index is 1.77. The lowest BCUT2D eigenvalue weighted by atomic mass is 9.89. The molecule has 1 aliphatic rings. The van der Waals surface area contributed by atoms with Gasteiger partial charge >= 0.3 is 0 Å². The van der Waals surface area contributed by atoms with Crippen molar-refractivity contribution in [1.29, 1.82) is 0 Å². The number of nitrogens with two attached hydrogens (primary N) is 1. The lowest BCUT2D eigenvalue weighted by Gasteiger charge is -2.18. The second kappa shape index (κ2) is 5.07. The molecule has 1 aliphatic carbocycles. The number of rotatable bonds is 2. The molecule has 1 fully saturated rings. The maximum atomic E-state index is 5.98. The van der Waals surface area contributed by atoms with E-state index in [0.29, 0.717) is 11.6 Å². The number of pyridine rings is 1. The van der Waals surface area contributed by atoms with Crippen LogP contribution in [0.15, 0.2) is 18.3 Å². The van der Waals surface area contributed by atoms with Crippen molar-refractivity contribution in [3.8, 4) is 10.7 Å². The molecule has 0 spiro atoms. The summed E-state index contributed by atoms with van der Waals surface area (Å²) >= 11 is 1.49. The van der Waals surface area contributed by atoms with E-state index in [2.05, 4.69) is 20.3 Å². The van der Waals surface area contributed by atoms with Crippen molar-refractivity contribution >= 4 is 22.0 Å². The molecule has 2 N–H and O–H groups in total.